The third kappa shape index (κ3) is 3.18. The van der Waals surface area contributed by atoms with Crippen LogP contribution in [0.15, 0.2) is 17.8 Å². The number of rotatable bonds is 3. The van der Waals surface area contributed by atoms with Gasteiger partial charge in [-0.3, -0.25) is 9.69 Å². The van der Waals surface area contributed by atoms with Crippen LogP contribution in [0.4, 0.5) is 0 Å². The van der Waals surface area contributed by atoms with Gasteiger partial charge in [-0.1, -0.05) is 19.3 Å². The smallest absolute Gasteiger partial charge is 0.276 e. The molecule has 24 heavy (non-hydrogen) atoms. The Labute approximate surface area is 148 Å². The molecule has 2 fully saturated rings. The third-order valence-corrected chi connectivity index (χ3v) is 5.23. The summed E-state index contributed by atoms with van der Waals surface area (Å²) < 4.78 is 5.35. The summed E-state index contributed by atoms with van der Waals surface area (Å²) in [7, 11) is 1.67. The Balaban J connectivity index is 1.87. The molecule has 1 aromatic carbocycles. The van der Waals surface area contributed by atoms with E-state index in [1.165, 1.54) is 19.3 Å². The largest absolute Gasteiger partial charge is 0.496 e. The van der Waals surface area contributed by atoms with Gasteiger partial charge in [-0.25, -0.2) is 0 Å². The molecule has 1 saturated heterocycles. The Bertz CT molecular complexity index is 706. The van der Waals surface area contributed by atoms with Crippen molar-refractivity contribution in [2.45, 2.75) is 52.0 Å². The summed E-state index contributed by atoms with van der Waals surface area (Å²) in [5, 5.41) is 3.66. The zero-order chi connectivity index (χ0) is 17.3. The van der Waals surface area contributed by atoms with E-state index in [1.807, 2.05) is 32.1 Å². The van der Waals surface area contributed by atoms with Gasteiger partial charge in [0.25, 0.3) is 5.91 Å². The van der Waals surface area contributed by atoms with Crippen LogP contribution in [0.5, 0.6) is 5.75 Å². The predicted molar refractivity (Wildman–Crippen MR) is 99.9 cm³/mol. The predicted octanol–water partition coefficient (Wildman–Crippen LogP) is 3.70. The number of benzene rings is 1. The maximum absolute atomic E-state index is 12.8. The molecule has 1 aromatic rings. The molecule has 0 unspecified atom stereocenters. The van der Waals surface area contributed by atoms with Crippen LogP contribution < -0.4 is 10.1 Å². The number of thiocarbonyl (C=S) groups is 1. The zero-order valence-corrected chi connectivity index (χ0v) is 15.3. The van der Waals surface area contributed by atoms with E-state index in [0.717, 1.165) is 35.3 Å². The average molecular weight is 344 g/mol. The summed E-state index contributed by atoms with van der Waals surface area (Å²) >= 11 is 5.42. The molecule has 1 aliphatic heterocycles. The molecule has 0 radical (unpaired) electrons. The molecule has 0 atom stereocenters. The lowest BCUT2D eigenvalue weighted by atomic mass is 9.94. The Hall–Kier alpha value is -1.88. The number of aryl methyl sites for hydroxylation is 2. The molecule has 2 aliphatic rings. The number of carbonyl (C=O) groups is 1. The highest BCUT2D eigenvalue weighted by atomic mass is 32.1. The Morgan fingerprint density at radius 2 is 1.92 bits per heavy atom. The molecule has 1 aliphatic carbocycles. The van der Waals surface area contributed by atoms with Gasteiger partial charge in [0.05, 0.1) is 7.11 Å². The van der Waals surface area contributed by atoms with E-state index in [2.05, 4.69) is 5.32 Å². The highest BCUT2D eigenvalue weighted by molar-refractivity contribution is 7.80. The number of amides is 1. The van der Waals surface area contributed by atoms with E-state index in [1.54, 1.807) is 12.0 Å². The van der Waals surface area contributed by atoms with Crippen LogP contribution in [-0.2, 0) is 4.79 Å². The molecule has 1 amide bonds. The van der Waals surface area contributed by atoms with Gasteiger partial charge in [0, 0.05) is 6.04 Å². The molecule has 1 heterocycles. The first-order chi connectivity index (χ1) is 11.5. The number of ether oxygens (including phenoxy) is 1. The second-order valence-electron chi connectivity index (χ2n) is 6.63. The topological polar surface area (TPSA) is 41.6 Å². The summed E-state index contributed by atoms with van der Waals surface area (Å²) in [6.45, 7) is 4.02. The molecule has 5 heteroatoms. The van der Waals surface area contributed by atoms with Crippen LogP contribution in [0.25, 0.3) is 6.08 Å². The lowest BCUT2D eigenvalue weighted by molar-refractivity contribution is -0.124. The van der Waals surface area contributed by atoms with Crippen molar-refractivity contribution in [1.29, 1.82) is 0 Å². The second-order valence-corrected chi connectivity index (χ2v) is 7.02. The minimum atomic E-state index is -0.000212. The van der Waals surface area contributed by atoms with Crippen molar-refractivity contribution in [3.05, 3.63) is 34.5 Å². The van der Waals surface area contributed by atoms with Gasteiger partial charge in [-0.05, 0) is 73.8 Å². The van der Waals surface area contributed by atoms with Gasteiger partial charge in [0.15, 0.2) is 5.11 Å². The van der Waals surface area contributed by atoms with Crippen molar-refractivity contribution in [2.75, 3.05) is 7.11 Å². The minimum absolute atomic E-state index is 0.000212. The van der Waals surface area contributed by atoms with E-state index in [-0.39, 0.29) is 11.9 Å². The molecule has 3 rings (SSSR count). The highest BCUT2D eigenvalue weighted by Crippen LogP contribution is 2.28. The van der Waals surface area contributed by atoms with E-state index in [0.29, 0.717) is 10.8 Å². The molecule has 0 spiro atoms. The summed E-state index contributed by atoms with van der Waals surface area (Å²) in [4.78, 5) is 14.6. The van der Waals surface area contributed by atoms with Crippen molar-refractivity contribution in [1.82, 2.24) is 10.2 Å². The fourth-order valence-electron chi connectivity index (χ4n) is 3.56. The average Bonchev–Trinajstić information content (AvgIpc) is 2.85. The maximum Gasteiger partial charge on any atom is 0.276 e. The number of nitrogens with one attached hydrogen (secondary N) is 1. The summed E-state index contributed by atoms with van der Waals surface area (Å²) in [5.41, 5.74) is 3.70. The molecule has 0 bridgehead atoms. The number of methoxy groups -OCH3 is 1. The fourth-order valence-corrected chi connectivity index (χ4v) is 3.90. The monoisotopic (exact) mass is 344 g/mol. The lowest BCUT2D eigenvalue weighted by Crippen LogP contribution is -2.41. The van der Waals surface area contributed by atoms with E-state index < -0.39 is 0 Å². The van der Waals surface area contributed by atoms with Crippen molar-refractivity contribution in [2.24, 2.45) is 0 Å². The number of nitrogens with zero attached hydrogens (tertiary/aromatic N) is 1. The number of hydrogen-bond acceptors (Lipinski definition) is 3. The van der Waals surface area contributed by atoms with Crippen LogP contribution in [0.3, 0.4) is 0 Å². The van der Waals surface area contributed by atoms with Crippen molar-refractivity contribution >= 4 is 29.3 Å². The minimum Gasteiger partial charge on any atom is -0.496 e. The molecular weight excluding hydrogens is 320 g/mol. The first-order valence-electron chi connectivity index (χ1n) is 8.52. The molecule has 0 aromatic heterocycles. The Kier molecular flexibility index (Phi) is 4.90. The third-order valence-electron chi connectivity index (χ3n) is 4.93. The normalized spacial score (nSPS) is 20.6. The van der Waals surface area contributed by atoms with E-state index in [9.17, 15) is 4.79 Å². The van der Waals surface area contributed by atoms with Gasteiger partial charge in [-0.15, -0.1) is 0 Å². The van der Waals surface area contributed by atoms with Crippen molar-refractivity contribution in [3.63, 3.8) is 0 Å². The highest BCUT2D eigenvalue weighted by Gasteiger charge is 2.36. The summed E-state index contributed by atoms with van der Waals surface area (Å²) in [6.07, 6.45) is 7.59. The van der Waals surface area contributed by atoms with Crippen LogP contribution in [0, 0.1) is 13.8 Å². The van der Waals surface area contributed by atoms with E-state index >= 15 is 0 Å². The second kappa shape index (κ2) is 6.93. The number of carbonyl (C=O) groups excluding carboxylic acids is 1. The number of hydrogen-bond donors (Lipinski definition) is 1. The SMILES string of the molecule is COc1cc(C)c(C=C2NC(=S)N(C3CCCCC3)C2=O)cc1C. The quantitative estimate of drug-likeness (QED) is 0.670. The van der Waals surface area contributed by atoms with Gasteiger partial charge < -0.3 is 10.1 Å². The lowest BCUT2D eigenvalue weighted by Gasteiger charge is -2.29. The van der Waals surface area contributed by atoms with E-state index in [4.69, 9.17) is 17.0 Å². The fraction of sp³-hybridized carbons (Fsp3) is 0.474. The molecule has 1 saturated carbocycles. The van der Waals surface area contributed by atoms with Crippen LogP contribution >= 0.6 is 12.2 Å². The first kappa shape index (κ1) is 17.0. The van der Waals surface area contributed by atoms with Crippen LogP contribution in [0.1, 0.15) is 48.8 Å². The molecule has 128 valence electrons. The van der Waals surface area contributed by atoms with Gasteiger partial charge in [0.1, 0.15) is 11.4 Å². The summed E-state index contributed by atoms with van der Waals surface area (Å²) in [6, 6.07) is 4.29. The van der Waals surface area contributed by atoms with Crippen LogP contribution in [0.2, 0.25) is 0 Å². The maximum atomic E-state index is 12.8. The zero-order valence-electron chi connectivity index (χ0n) is 14.5. The standard InChI is InChI=1S/C19H24N2O2S/c1-12-10-17(23-3)13(2)9-14(12)11-16-18(22)21(19(24)20-16)15-7-5-4-6-8-15/h9-11,15H,4-8H2,1-3H3,(H,20,24). The Morgan fingerprint density at radius 1 is 1.21 bits per heavy atom. The van der Waals surface area contributed by atoms with Gasteiger partial charge >= 0.3 is 0 Å². The van der Waals surface area contributed by atoms with Gasteiger partial charge in [-0.2, -0.15) is 0 Å². The molecule has 4 nitrogen and oxygen atoms in total. The van der Waals surface area contributed by atoms with Crippen LogP contribution in [-0.4, -0.2) is 29.1 Å². The van der Waals surface area contributed by atoms with Crippen molar-refractivity contribution in [3.8, 4) is 5.75 Å². The van der Waals surface area contributed by atoms with Crippen molar-refractivity contribution < 1.29 is 9.53 Å². The van der Waals surface area contributed by atoms with Gasteiger partial charge in [0.2, 0.25) is 0 Å². The molecule has 1 N–H and O–H groups in total. The Morgan fingerprint density at radius 3 is 2.58 bits per heavy atom. The molecular formula is C19H24N2O2S. The summed E-state index contributed by atoms with van der Waals surface area (Å²) in [5.74, 6) is 0.861. The first-order valence-corrected chi connectivity index (χ1v) is 8.93.